The van der Waals surface area contributed by atoms with Crippen LogP contribution in [0.15, 0.2) is 45.5 Å². The molecule has 0 radical (unpaired) electrons. The van der Waals surface area contributed by atoms with Gasteiger partial charge in [-0.25, -0.2) is 0 Å². The van der Waals surface area contributed by atoms with Crippen LogP contribution < -0.4 is 4.74 Å². The van der Waals surface area contributed by atoms with Crippen LogP contribution in [-0.2, 0) is 0 Å². The van der Waals surface area contributed by atoms with Crippen LogP contribution in [0.25, 0.3) is 0 Å². The number of aliphatic hydroxyl groups excluding tert-OH is 1. The number of halogens is 1. The van der Waals surface area contributed by atoms with Crippen LogP contribution in [-0.4, -0.2) is 12.2 Å². The van der Waals surface area contributed by atoms with Crippen molar-refractivity contribution in [2.45, 2.75) is 6.10 Å². The molecule has 0 bridgehead atoms. The van der Waals surface area contributed by atoms with E-state index in [1.54, 1.807) is 25.3 Å². The Labute approximate surface area is 102 Å². The van der Waals surface area contributed by atoms with Crippen molar-refractivity contribution in [1.29, 1.82) is 0 Å². The molecule has 0 aliphatic rings. The van der Waals surface area contributed by atoms with Crippen LogP contribution in [0.4, 0.5) is 0 Å². The molecule has 1 unspecified atom stereocenters. The molecule has 1 heterocycles. The van der Waals surface area contributed by atoms with Crippen molar-refractivity contribution in [1.82, 2.24) is 0 Å². The summed E-state index contributed by atoms with van der Waals surface area (Å²) in [7, 11) is 1.57. The van der Waals surface area contributed by atoms with E-state index in [1.807, 2.05) is 12.1 Å². The maximum atomic E-state index is 10.2. The quantitative estimate of drug-likeness (QED) is 0.941. The minimum absolute atomic E-state index is 0.476. The standard InChI is InChI=1S/C12H11BrO3/c1-15-10-5-3-2-4-8(10)11(14)12-9(13)6-7-16-12/h2-7,11,14H,1H3. The van der Waals surface area contributed by atoms with Gasteiger partial charge >= 0.3 is 0 Å². The van der Waals surface area contributed by atoms with Crippen LogP contribution in [0.1, 0.15) is 17.4 Å². The van der Waals surface area contributed by atoms with Gasteiger partial charge in [-0.3, -0.25) is 0 Å². The lowest BCUT2D eigenvalue weighted by atomic mass is 10.1. The Morgan fingerprint density at radius 1 is 1.31 bits per heavy atom. The van der Waals surface area contributed by atoms with Gasteiger partial charge in [0.15, 0.2) is 5.76 Å². The van der Waals surface area contributed by atoms with Gasteiger partial charge in [0.1, 0.15) is 11.9 Å². The van der Waals surface area contributed by atoms with E-state index in [0.29, 0.717) is 17.1 Å². The Morgan fingerprint density at radius 3 is 2.69 bits per heavy atom. The number of hydrogen-bond acceptors (Lipinski definition) is 3. The number of methoxy groups -OCH3 is 1. The molecule has 1 aromatic heterocycles. The van der Waals surface area contributed by atoms with Crippen molar-refractivity contribution >= 4 is 15.9 Å². The molecule has 2 rings (SSSR count). The van der Waals surface area contributed by atoms with Crippen LogP contribution in [0.5, 0.6) is 5.75 Å². The van der Waals surface area contributed by atoms with E-state index in [2.05, 4.69) is 15.9 Å². The first-order chi connectivity index (χ1) is 7.74. The molecule has 0 amide bonds. The highest BCUT2D eigenvalue weighted by molar-refractivity contribution is 9.10. The molecule has 1 aromatic carbocycles. The molecule has 0 aliphatic carbocycles. The zero-order chi connectivity index (χ0) is 11.5. The van der Waals surface area contributed by atoms with E-state index in [1.165, 1.54) is 6.26 Å². The van der Waals surface area contributed by atoms with Gasteiger partial charge in [-0.1, -0.05) is 18.2 Å². The number of rotatable bonds is 3. The summed E-state index contributed by atoms with van der Waals surface area (Å²) in [4.78, 5) is 0. The summed E-state index contributed by atoms with van der Waals surface area (Å²) in [6.07, 6.45) is 0.693. The summed E-state index contributed by atoms with van der Waals surface area (Å²) in [5.74, 6) is 1.11. The highest BCUT2D eigenvalue weighted by Crippen LogP contribution is 2.33. The zero-order valence-corrected chi connectivity index (χ0v) is 10.3. The maximum Gasteiger partial charge on any atom is 0.151 e. The predicted octanol–water partition coefficient (Wildman–Crippen LogP) is 3.13. The van der Waals surface area contributed by atoms with Gasteiger partial charge < -0.3 is 14.3 Å². The fourth-order valence-electron chi connectivity index (χ4n) is 1.53. The molecule has 16 heavy (non-hydrogen) atoms. The van der Waals surface area contributed by atoms with Crippen molar-refractivity contribution in [3.05, 3.63) is 52.4 Å². The predicted molar refractivity (Wildman–Crippen MR) is 63.5 cm³/mol. The zero-order valence-electron chi connectivity index (χ0n) is 8.68. The SMILES string of the molecule is COc1ccccc1C(O)c1occc1Br. The summed E-state index contributed by atoms with van der Waals surface area (Å²) >= 11 is 3.32. The summed E-state index contributed by atoms with van der Waals surface area (Å²) < 4.78 is 11.2. The monoisotopic (exact) mass is 282 g/mol. The molecule has 0 saturated heterocycles. The number of hydrogen-bond donors (Lipinski definition) is 1. The minimum atomic E-state index is -0.833. The third-order valence-corrected chi connectivity index (χ3v) is 2.98. The molecular weight excluding hydrogens is 272 g/mol. The fraction of sp³-hybridized carbons (Fsp3) is 0.167. The molecule has 1 N–H and O–H groups in total. The normalized spacial score (nSPS) is 12.4. The number of para-hydroxylation sites is 1. The smallest absolute Gasteiger partial charge is 0.151 e. The molecule has 1 atom stereocenters. The molecule has 4 heteroatoms. The van der Waals surface area contributed by atoms with E-state index >= 15 is 0 Å². The molecule has 0 fully saturated rings. The van der Waals surface area contributed by atoms with E-state index in [-0.39, 0.29) is 0 Å². The topological polar surface area (TPSA) is 42.6 Å². The minimum Gasteiger partial charge on any atom is -0.496 e. The Morgan fingerprint density at radius 2 is 2.06 bits per heavy atom. The second-order valence-corrected chi connectivity index (χ2v) is 4.13. The Balaban J connectivity index is 2.41. The number of ether oxygens (including phenoxy) is 1. The molecule has 0 saturated carbocycles. The lowest BCUT2D eigenvalue weighted by Crippen LogP contribution is -2.01. The Hall–Kier alpha value is -1.26. The Kier molecular flexibility index (Phi) is 3.31. The average Bonchev–Trinajstić information content (AvgIpc) is 2.74. The number of aliphatic hydroxyl groups is 1. The van der Waals surface area contributed by atoms with Crippen molar-refractivity contribution in [2.75, 3.05) is 7.11 Å². The maximum absolute atomic E-state index is 10.2. The van der Waals surface area contributed by atoms with Crippen LogP contribution >= 0.6 is 15.9 Å². The molecular formula is C12H11BrO3. The first-order valence-corrected chi connectivity index (χ1v) is 5.57. The van der Waals surface area contributed by atoms with Gasteiger partial charge in [0.25, 0.3) is 0 Å². The first kappa shape index (κ1) is 11.2. The summed E-state index contributed by atoms with van der Waals surface area (Å²) in [5, 5.41) is 10.2. The third-order valence-electron chi connectivity index (χ3n) is 2.33. The van der Waals surface area contributed by atoms with E-state index in [9.17, 15) is 5.11 Å². The molecule has 84 valence electrons. The molecule has 0 spiro atoms. The van der Waals surface area contributed by atoms with Gasteiger partial charge in [0.05, 0.1) is 17.8 Å². The second kappa shape index (κ2) is 4.72. The molecule has 0 aliphatic heterocycles. The molecule has 3 nitrogen and oxygen atoms in total. The van der Waals surface area contributed by atoms with Crippen molar-refractivity contribution in [2.24, 2.45) is 0 Å². The van der Waals surface area contributed by atoms with Crippen molar-refractivity contribution in [3.8, 4) is 5.75 Å². The fourth-order valence-corrected chi connectivity index (χ4v) is 1.95. The Bertz CT molecular complexity index is 479. The highest BCUT2D eigenvalue weighted by atomic mass is 79.9. The van der Waals surface area contributed by atoms with E-state index < -0.39 is 6.10 Å². The largest absolute Gasteiger partial charge is 0.496 e. The summed E-state index contributed by atoms with van der Waals surface area (Å²) in [5.41, 5.74) is 0.681. The number of benzene rings is 1. The van der Waals surface area contributed by atoms with Gasteiger partial charge in [-0.2, -0.15) is 0 Å². The van der Waals surface area contributed by atoms with Gasteiger partial charge in [-0.05, 0) is 28.1 Å². The van der Waals surface area contributed by atoms with Crippen LogP contribution in [0, 0.1) is 0 Å². The third kappa shape index (κ3) is 1.99. The van der Waals surface area contributed by atoms with Gasteiger partial charge in [0, 0.05) is 5.56 Å². The van der Waals surface area contributed by atoms with E-state index in [0.717, 1.165) is 4.47 Å². The number of furan rings is 1. The van der Waals surface area contributed by atoms with Gasteiger partial charge in [-0.15, -0.1) is 0 Å². The average molecular weight is 283 g/mol. The van der Waals surface area contributed by atoms with Crippen molar-refractivity contribution in [3.63, 3.8) is 0 Å². The lowest BCUT2D eigenvalue weighted by molar-refractivity contribution is 0.184. The second-order valence-electron chi connectivity index (χ2n) is 3.28. The summed E-state index contributed by atoms with van der Waals surface area (Å²) in [6, 6.07) is 9.05. The first-order valence-electron chi connectivity index (χ1n) is 4.78. The van der Waals surface area contributed by atoms with Crippen LogP contribution in [0.2, 0.25) is 0 Å². The molecule has 2 aromatic rings. The van der Waals surface area contributed by atoms with E-state index in [4.69, 9.17) is 9.15 Å². The van der Waals surface area contributed by atoms with Crippen LogP contribution in [0.3, 0.4) is 0 Å². The lowest BCUT2D eigenvalue weighted by Gasteiger charge is -2.12. The summed E-state index contributed by atoms with van der Waals surface area (Å²) in [6.45, 7) is 0. The van der Waals surface area contributed by atoms with Gasteiger partial charge in [0.2, 0.25) is 0 Å². The van der Waals surface area contributed by atoms with Crippen molar-refractivity contribution < 1.29 is 14.3 Å². The highest BCUT2D eigenvalue weighted by Gasteiger charge is 2.20.